The smallest absolute Gasteiger partial charge is 0.375 e. The Hall–Kier alpha value is -4.28. The van der Waals surface area contributed by atoms with Crippen molar-refractivity contribution in [3.05, 3.63) is 83.8 Å². The molecular weight excluding hydrogens is 586 g/mol. The van der Waals surface area contributed by atoms with Crippen LogP contribution in [0.5, 0.6) is 0 Å². The number of nitrogens with two attached hydrogens (primary N) is 1. The number of nitrogens with one attached hydrogen (secondary N) is 3. The maximum Gasteiger partial charge on any atom is 0.375 e. The van der Waals surface area contributed by atoms with Gasteiger partial charge in [0.2, 0.25) is 0 Å². The number of carbonyl (C=O) groups is 4. The number of carbonyl (C=O) groups excluding carboxylic acids is 4. The van der Waals surface area contributed by atoms with E-state index in [-0.39, 0.29) is 16.9 Å². The third-order valence-corrected chi connectivity index (χ3v) is 7.13. The molecule has 238 valence electrons. The van der Waals surface area contributed by atoms with Crippen LogP contribution in [0.3, 0.4) is 0 Å². The zero-order valence-corrected chi connectivity index (χ0v) is 23.8. The Kier molecular flexibility index (Phi) is 11.2. The van der Waals surface area contributed by atoms with E-state index in [0.717, 1.165) is 20.2 Å². The van der Waals surface area contributed by atoms with Gasteiger partial charge in [0.05, 0.1) is 26.3 Å². The number of esters is 1. The van der Waals surface area contributed by atoms with Crippen molar-refractivity contribution in [1.29, 1.82) is 0 Å². The quantitative estimate of drug-likeness (QED) is 0.109. The fraction of sp³-hybridized carbons (Fsp3) is 0.379. The summed E-state index contributed by atoms with van der Waals surface area (Å²) in [6.07, 6.45) is -8.87. The van der Waals surface area contributed by atoms with E-state index in [0.29, 0.717) is 0 Å². The SMILES string of the molecule is COC(=O)C1(F)OC([C@H](O)[C@H](O)CO)C(N)(C(C)=O)C(N/C(=C/NC(=O)c2ccccc2)NCC(=O)c2ccccc2)C1F. The number of Topliss-reactive ketones (excluding diaryl/α,β-unsaturated/α-hetero) is 2. The number of methoxy groups -OCH3 is 1. The number of amides is 1. The normalized spacial score (nSPS) is 26.5. The largest absolute Gasteiger partial charge is 0.465 e. The lowest BCUT2D eigenvalue weighted by Crippen LogP contribution is -2.82. The Labute approximate surface area is 251 Å². The first-order valence-electron chi connectivity index (χ1n) is 13.3. The Morgan fingerprint density at radius 1 is 1.07 bits per heavy atom. The van der Waals surface area contributed by atoms with Crippen molar-refractivity contribution in [3.63, 3.8) is 0 Å². The number of hydrogen-bond donors (Lipinski definition) is 7. The number of benzene rings is 2. The highest BCUT2D eigenvalue weighted by molar-refractivity contribution is 5.98. The van der Waals surface area contributed by atoms with Gasteiger partial charge in [0.25, 0.3) is 5.91 Å². The molecule has 1 saturated heterocycles. The first-order valence-corrected chi connectivity index (χ1v) is 13.3. The second kappa shape index (κ2) is 14.5. The average molecular weight is 621 g/mol. The molecular formula is C29H34F2N4O9. The van der Waals surface area contributed by atoms with Gasteiger partial charge in [-0.25, -0.2) is 9.18 Å². The monoisotopic (exact) mass is 620 g/mol. The summed E-state index contributed by atoms with van der Waals surface area (Å²) in [5.41, 5.74) is 4.09. The van der Waals surface area contributed by atoms with Crippen LogP contribution >= 0.6 is 0 Å². The highest BCUT2D eigenvalue weighted by Crippen LogP contribution is 2.41. The highest BCUT2D eigenvalue weighted by Gasteiger charge is 2.69. The van der Waals surface area contributed by atoms with Crippen LogP contribution in [-0.2, 0) is 19.1 Å². The minimum atomic E-state index is -3.98. The second-order valence-electron chi connectivity index (χ2n) is 9.97. The van der Waals surface area contributed by atoms with Crippen LogP contribution in [0.15, 0.2) is 72.7 Å². The van der Waals surface area contributed by atoms with E-state index >= 15 is 8.78 Å². The van der Waals surface area contributed by atoms with Gasteiger partial charge in [0, 0.05) is 17.3 Å². The number of ether oxygens (including phenoxy) is 2. The fourth-order valence-electron chi connectivity index (χ4n) is 4.58. The van der Waals surface area contributed by atoms with Crippen LogP contribution in [-0.4, -0.2) is 101 Å². The minimum Gasteiger partial charge on any atom is -0.465 e. The van der Waals surface area contributed by atoms with E-state index in [4.69, 9.17) is 10.5 Å². The summed E-state index contributed by atoms with van der Waals surface area (Å²) < 4.78 is 41.4. The first kappa shape index (κ1) is 34.2. The molecule has 1 aliphatic rings. The summed E-state index contributed by atoms with van der Waals surface area (Å²) in [7, 11) is 0.729. The van der Waals surface area contributed by atoms with Gasteiger partial charge in [0.15, 0.2) is 17.7 Å². The van der Waals surface area contributed by atoms with E-state index < -0.39 is 78.5 Å². The standard InChI is InChI=1S/C29H34F2N4O9/c1-16(37)28(32)24(23(30)29(31,27(42)43-2)44-25(28)22(40)20(39)15-36)35-21(14-34-26(41)18-11-7-4-8-12-18)33-13-19(38)17-9-5-3-6-10-17/h3-12,14,20,22-25,33,35-36,39-40H,13,15,32H2,1-2H3,(H,34,41)/b21-14+/t20-,22-,23?,24?,25?,28?,29?/m1/s1. The molecule has 1 heterocycles. The first-order chi connectivity index (χ1) is 20.8. The van der Waals surface area contributed by atoms with Crippen molar-refractivity contribution in [2.75, 3.05) is 20.3 Å². The molecule has 1 amide bonds. The Balaban J connectivity index is 2.07. The third kappa shape index (κ3) is 7.09. The van der Waals surface area contributed by atoms with Crippen LogP contribution in [0.25, 0.3) is 0 Å². The Morgan fingerprint density at radius 3 is 2.16 bits per heavy atom. The molecule has 0 aliphatic carbocycles. The van der Waals surface area contributed by atoms with Crippen LogP contribution in [0.2, 0.25) is 0 Å². The molecule has 2 aromatic carbocycles. The number of aliphatic hydroxyl groups is 3. The molecule has 0 radical (unpaired) electrons. The summed E-state index contributed by atoms with van der Waals surface area (Å²) >= 11 is 0. The van der Waals surface area contributed by atoms with Crippen molar-refractivity contribution < 1.29 is 52.8 Å². The molecule has 1 fully saturated rings. The summed E-state index contributed by atoms with van der Waals surface area (Å²) in [4.78, 5) is 50.9. The van der Waals surface area contributed by atoms with Crippen molar-refractivity contribution in [3.8, 4) is 0 Å². The molecule has 44 heavy (non-hydrogen) atoms. The molecule has 0 saturated carbocycles. The van der Waals surface area contributed by atoms with Gasteiger partial charge in [-0.3, -0.25) is 14.4 Å². The molecule has 3 rings (SSSR count). The van der Waals surface area contributed by atoms with Crippen LogP contribution in [0.1, 0.15) is 27.6 Å². The maximum absolute atomic E-state index is 16.1. The molecule has 0 bridgehead atoms. The number of alkyl halides is 2. The van der Waals surface area contributed by atoms with E-state index in [2.05, 4.69) is 20.7 Å². The summed E-state index contributed by atoms with van der Waals surface area (Å²) in [6.45, 7) is -0.704. The van der Waals surface area contributed by atoms with Gasteiger partial charge < -0.3 is 46.5 Å². The van der Waals surface area contributed by atoms with Gasteiger partial charge in [-0.2, -0.15) is 4.39 Å². The van der Waals surface area contributed by atoms with Crippen LogP contribution in [0, 0.1) is 0 Å². The van der Waals surface area contributed by atoms with Gasteiger partial charge in [-0.05, 0) is 19.1 Å². The van der Waals surface area contributed by atoms with Crippen molar-refractivity contribution in [2.24, 2.45) is 5.73 Å². The number of halogens is 2. The highest BCUT2D eigenvalue weighted by atomic mass is 19.2. The molecule has 15 heteroatoms. The Bertz CT molecular complexity index is 1370. The van der Waals surface area contributed by atoms with E-state index in [1.165, 1.54) is 24.3 Å². The number of aliphatic hydroxyl groups excluding tert-OH is 3. The van der Waals surface area contributed by atoms with E-state index in [9.17, 15) is 34.5 Å². The van der Waals surface area contributed by atoms with E-state index in [1.807, 2.05) is 0 Å². The fourth-order valence-corrected chi connectivity index (χ4v) is 4.58. The molecule has 0 spiro atoms. The lowest BCUT2D eigenvalue weighted by molar-refractivity contribution is -0.288. The zero-order chi connectivity index (χ0) is 32.7. The Morgan fingerprint density at radius 2 is 1.64 bits per heavy atom. The predicted molar refractivity (Wildman–Crippen MR) is 150 cm³/mol. The molecule has 5 unspecified atom stereocenters. The molecule has 13 nitrogen and oxygen atoms in total. The van der Waals surface area contributed by atoms with Crippen molar-refractivity contribution >= 4 is 23.4 Å². The molecule has 7 atom stereocenters. The van der Waals surface area contributed by atoms with Gasteiger partial charge in [-0.15, -0.1) is 0 Å². The van der Waals surface area contributed by atoms with Crippen molar-refractivity contribution in [2.45, 2.75) is 48.8 Å². The topological polar surface area (TPSA) is 210 Å². The molecule has 2 aromatic rings. The summed E-state index contributed by atoms with van der Waals surface area (Å²) in [5, 5.41) is 37.6. The summed E-state index contributed by atoms with van der Waals surface area (Å²) in [6, 6.07) is 13.6. The van der Waals surface area contributed by atoms with Gasteiger partial charge in [0.1, 0.15) is 29.7 Å². The lowest BCUT2D eigenvalue weighted by Gasteiger charge is -2.52. The lowest BCUT2D eigenvalue weighted by atomic mass is 9.72. The van der Waals surface area contributed by atoms with Gasteiger partial charge >= 0.3 is 11.8 Å². The zero-order valence-electron chi connectivity index (χ0n) is 23.8. The average Bonchev–Trinajstić information content (AvgIpc) is 3.04. The van der Waals surface area contributed by atoms with Crippen LogP contribution < -0.4 is 21.7 Å². The van der Waals surface area contributed by atoms with Crippen molar-refractivity contribution in [1.82, 2.24) is 16.0 Å². The number of ketones is 2. The number of rotatable bonds is 13. The number of hydrogen-bond acceptors (Lipinski definition) is 12. The molecule has 0 aromatic heterocycles. The minimum absolute atomic E-state index is 0.212. The predicted octanol–water partition coefficient (Wildman–Crippen LogP) is -0.778. The summed E-state index contributed by atoms with van der Waals surface area (Å²) in [5.74, 6) is -8.45. The molecule has 1 aliphatic heterocycles. The third-order valence-electron chi connectivity index (χ3n) is 7.13. The van der Waals surface area contributed by atoms with E-state index in [1.54, 1.807) is 36.4 Å². The van der Waals surface area contributed by atoms with Gasteiger partial charge in [-0.1, -0.05) is 48.5 Å². The van der Waals surface area contributed by atoms with Crippen LogP contribution in [0.4, 0.5) is 8.78 Å². The maximum atomic E-state index is 16.1. The molecule has 8 N–H and O–H groups in total. The second-order valence-corrected chi connectivity index (χ2v) is 9.97.